The maximum absolute atomic E-state index is 13.4. The molecule has 1 N–H and O–H groups in total. The third-order valence-corrected chi connectivity index (χ3v) is 6.07. The second-order valence-electron chi connectivity index (χ2n) is 8.20. The van der Waals surface area contributed by atoms with E-state index in [-0.39, 0.29) is 12.1 Å². The first kappa shape index (κ1) is 21.6. The van der Waals surface area contributed by atoms with Crippen molar-refractivity contribution < 1.29 is 14.3 Å². The molecular formula is C23H20N10O3. The van der Waals surface area contributed by atoms with Gasteiger partial charge >= 0.3 is 0 Å². The fourth-order valence-electron chi connectivity index (χ4n) is 4.33. The minimum Gasteiger partial charge on any atom is -0.494 e. The lowest BCUT2D eigenvalue weighted by molar-refractivity contribution is -0.127. The van der Waals surface area contributed by atoms with Crippen LogP contribution in [0.15, 0.2) is 43.1 Å². The quantitative estimate of drug-likeness (QED) is 0.288. The van der Waals surface area contributed by atoms with Crippen molar-refractivity contribution in [3.05, 3.63) is 60.3 Å². The normalized spacial score (nSPS) is 13.1. The highest BCUT2D eigenvalue weighted by Crippen LogP contribution is 2.32. The van der Waals surface area contributed by atoms with Gasteiger partial charge in [0.25, 0.3) is 11.7 Å². The van der Waals surface area contributed by atoms with Gasteiger partial charge in [-0.2, -0.15) is 5.10 Å². The molecule has 0 atom stereocenters. The molecule has 1 amide bonds. The van der Waals surface area contributed by atoms with Gasteiger partial charge in [0.2, 0.25) is 0 Å². The number of aryl methyl sites for hydroxylation is 1. The van der Waals surface area contributed by atoms with Crippen LogP contribution in [0.3, 0.4) is 0 Å². The van der Waals surface area contributed by atoms with Crippen molar-refractivity contribution in [1.82, 2.24) is 49.4 Å². The van der Waals surface area contributed by atoms with E-state index in [2.05, 4.69) is 35.2 Å². The first-order chi connectivity index (χ1) is 17.5. The van der Waals surface area contributed by atoms with Crippen LogP contribution in [0, 0.1) is 6.92 Å². The number of hydrogen-bond donors (Lipinski definition) is 1. The van der Waals surface area contributed by atoms with Gasteiger partial charge < -0.3 is 19.2 Å². The number of carbonyl (C=O) groups excluding carboxylic acids is 2. The van der Waals surface area contributed by atoms with E-state index in [9.17, 15) is 9.59 Å². The van der Waals surface area contributed by atoms with E-state index in [1.807, 2.05) is 22.8 Å². The highest BCUT2D eigenvalue weighted by molar-refractivity contribution is 6.45. The van der Waals surface area contributed by atoms with Gasteiger partial charge in [0.15, 0.2) is 17.5 Å². The van der Waals surface area contributed by atoms with Crippen molar-refractivity contribution in [3.8, 4) is 23.1 Å². The highest BCUT2D eigenvalue weighted by Gasteiger charge is 2.32. The number of nitrogens with zero attached hydrogens (tertiary/aromatic N) is 9. The second kappa shape index (κ2) is 8.37. The number of ether oxygens (including phenoxy) is 1. The molecule has 0 unspecified atom stereocenters. The van der Waals surface area contributed by atoms with E-state index in [1.54, 1.807) is 13.1 Å². The maximum Gasteiger partial charge on any atom is 0.295 e. The molecular weight excluding hydrogens is 464 g/mol. The molecule has 1 aliphatic rings. The summed E-state index contributed by atoms with van der Waals surface area (Å²) in [6.07, 6.45) is 6.20. The average Bonchev–Trinajstić information content (AvgIpc) is 3.65. The van der Waals surface area contributed by atoms with Crippen molar-refractivity contribution in [3.63, 3.8) is 0 Å². The van der Waals surface area contributed by atoms with Crippen molar-refractivity contribution in [1.29, 1.82) is 0 Å². The SMILES string of the molecule is COc1cnc(-n2cnc(C)n2)c2[nH]cc(C(=O)C(=O)N3CCn4c(nnc4-c4ccccn4)C3)c12. The molecule has 0 aliphatic carbocycles. The van der Waals surface area contributed by atoms with Gasteiger partial charge in [-0.05, 0) is 19.1 Å². The average molecular weight is 484 g/mol. The first-order valence-electron chi connectivity index (χ1n) is 11.1. The molecule has 180 valence electrons. The maximum atomic E-state index is 13.4. The predicted molar refractivity (Wildman–Crippen MR) is 125 cm³/mol. The summed E-state index contributed by atoms with van der Waals surface area (Å²) in [6.45, 7) is 2.71. The highest BCUT2D eigenvalue weighted by atomic mass is 16.5. The summed E-state index contributed by atoms with van der Waals surface area (Å²) in [6, 6.07) is 5.56. The fraction of sp³-hybridized carbons (Fsp3) is 0.217. The number of fused-ring (bicyclic) bond motifs is 2. The van der Waals surface area contributed by atoms with E-state index >= 15 is 0 Å². The monoisotopic (exact) mass is 484 g/mol. The Balaban J connectivity index is 1.31. The molecule has 0 saturated heterocycles. The summed E-state index contributed by atoms with van der Waals surface area (Å²) in [5.74, 6) is 1.29. The van der Waals surface area contributed by atoms with Crippen LogP contribution < -0.4 is 4.74 Å². The summed E-state index contributed by atoms with van der Waals surface area (Å²) in [5, 5.41) is 13.2. The Labute approximate surface area is 203 Å². The molecule has 5 aromatic rings. The number of rotatable bonds is 5. The molecule has 36 heavy (non-hydrogen) atoms. The number of H-pyrrole nitrogens is 1. The van der Waals surface area contributed by atoms with Crippen molar-refractivity contribution >= 4 is 22.6 Å². The van der Waals surface area contributed by atoms with Gasteiger partial charge in [-0.25, -0.2) is 14.6 Å². The number of methoxy groups -OCH3 is 1. The molecule has 0 bridgehead atoms. The number of pyridine rings is 2. The number of nitrogens with one attached hydrogen (secondary N) is 1. The van der Waals surface area contributed by atoms with Crippen LogP contribution in [0.25, 0.3) is 28.2 Å². The smallest absolute Gasteiger partial charge is 0.295 e. The van der Waals surface area contributed by atoms with Crippen LogP contribution in [-0.2, 0) is 17.9 Å². The second-order valence-corrected chi connectivity index (χ2v) is 8.20. The topological polar surface area (TPSA) is 150 Å². The number of Topliss-reactive ketones (excluding diaryl/α,β-unsaturated/α-hetero) is 1. The minimum atomic E-state index is -0.663. The molecule has 13 heteroatoms. The van der Waals surface area contributed by atoms with Crippen LogP contribution in [-0.4, -0.2) is 74.7 Å². The zero-order chi connectivity index (χ0) is 24.8. The number of aromatic nitrogens is 9. The van der Waals surface area contributed by atoms with Gasteiger partial charge in [0.05, 0.1) is 36.3 Å². The molecule has 0 spiro atoms. The van der Waals surface area contributed by atoms with Gasteiger partial charge in [-0.15, -0.1) is 10.2 Å². The van der Waals surface area contributed by atoms with Gasteiger partial charge in [-0.1, -0.05) is 6.07 Å². The number of hydrogen-bond acceptors (Lipinski definition) is 9. The Hall–Kier alpha value is -4.94. The Morgan fingerprint density at radius 3 is 2.75 bits per heavy atom. The van der Waals surface area contributed by atoms with Crippen molar-refractivity contribution in [2.75, 3.05) is 13.7 Å². The van der Waals surface area contributed by atoms with Crippen LogP contribution >= 0.6 is 0 Å². The Morgan fingerprint density at radius 2 is 2.00 bits per heavy atom. The molecule has 6 heterocycles. The van der Waals surface area contributed by atoms with E-state index in [4.69, 9.17) is 4.74 Å². The Morgan fingerprint density at radius 1 is 1.11 bits per heavy atom. The van der Waals surface area contributed by atoms with Crippen molar-refractivity contribution in [2.45, 2.75) is 20.0 Å². The Kier molecular flexibility index (Phi) is 5.02. The standard InChI is InChI=1S/C23H20N10O3/c1-13-27-12-33(30-13)22-19-18(16(36-2)10-26-22)14(9-25-19)20(34)23(35)31-7-8-32-17(11-31)28-29-21(32)15-5-3-4-6-24-15/h3-6,9-10,12,25H,7-8,11H2,1-2H3. The van der Waals surface area contributed by atoms with Gasteiger partial charge in [0.1, 0.15) is 23.6 Å². The summed E-state index contributed by atoms with van der Waals surface area (Å²) >= 11 is 0. The fourth-order valence-corrected chi connectivity index (χ4v) is 4.33. The summed E-state index contributed by atoms with van der Waals surface area (Å²) in [5.41, 5.74) is 1.40. The third kappa shape index (κ3) is 3.40. The van der Waals surface area contributed by atoms with Crippen molar-refractivity contribution in [2.24, 2.45) is 0 Å². The molecule has 13 nitrogen and oxygen atoms in total. The predicted octanol–water partition coefficient (Wildman–Crippen LogP) is 1.34. The van der Waals surface area contributed by atoms with E-state index in [0.717, 1.165) is 0 Å². The van der Waals surface area contributed by atoms with Crippen LogP contribution in [0.1, 0.15) is 22.0 Å². The minimum absolute atomic E-state index is 0.162. The summed E-state index contributed by atoms with van der Waals surface area (Å²) in [4.78, 5) is 44.1. The lowest BCUT2D eigenvalue weighted by Gasteiger charge is -2.27. The largest absolute Gasteiger partial charge is 0.494 e. The summed E-state index contributed by atoms with van der Waals surface area (Å²) in [7, 11) is 1.48. The zero-order valence-electron chi connectivity index (χ0n) is 19.4. The van der Waals surface area contributed by atoms with E-state index in [1.165, 1.54) is 35.4 Å². The lowest BCUT2D eigenvalue weighted by atomic mass is 10.1. The van der Waals surface area contributed by atoms with Crippen LogP contribution in [0.2, 0.25) is 0 Å². The molecule has 0 radical (unpaired) electrons. The first-order valence-corrected chi connectivity index (χ1v) is 11.1. The number of aromatic amines is 1. The number of carbonyl (C=O) groups is 2. The van der Waals surface area contributed by atoms with Gasteiger partial charge in [0, 0.05) is 25.5 Å². The van der Waals surface area contributed by atoms with E-state index in [0.29, 0.717) is 58.7 Å². The molecule has 5 aromatic heterocycles. The lowest BCUT2D eigenvalue weighted by Crippen LogP contribution is -2.42. The van der Waals surface area contributed by atoms with Crippen LogP contribution in [0.4, 0.5) is 0 Å². The molecule has 0 aromatic carbocycles. The van der Waals surface area contributed by atoms with E-state index < -0.39 is 11.7 Å². The Bertz CT molecular complexity index is 1620. The van der Waals surface area contributed by atoms with Crippen LogP contribution in [0.5, 0.6) is 5.75 Å². The molecule has 1 aliphatic heterocycles. The van der Waals surface area contributed by atoms with Gasteiger partial charge in [-0.3, -0.25) is 14.6 Å². The third-order valence-electron chi connectivity index (χ3n) is 6.07. The number of ketones is 1. The molecule has 0 saturated carbocycles. The molecule has 0 fully saturated rings. The zero-order valence-corrected chi connectivity index (χ0v) is 19.4. The number of amides is 1. The molecule has 6 rings (SSSR count). The summed E-state index contributed by atoms with van der Waals surface area (Å²) < 4.78 is 8.88.